The molecule has 3 aromatic heterocycles. The second-order valence-corrected chi connectivity index (χ2v) is 9.36. The highest BCUT2D eigenvalue weighted by Crippen LogP contribution is 2.46. The molecule has 3 heteroatoms. The molecule has 3 nitrogen and oxygen atoms in total. The van der Waals surface area contributed by atoms with Gasteiger partial charge in [0.05, 0.1) is 5.69 Å². The first-order valence-corrected chi connectivity index (χ1v) is 11.9. The van der Waals surface area contributed by atoms with Crippen LogP contribution in [0.25, 0.3) is 66.3 Å². The molecule has 0 unspecified atom stereocenters. The van der Waals surface area contributed by atoms with Crippen molar-refractivity contribution in [2.75, 3.05) is 0 Å². The number of para-hydroxylation sites is 2. The number of hydrogen-bond donors (Lipinski definition) is 0. The lowest BCUT2D eigenvalue weighted by Crippen LogP contribution is -1.90. The summed E-state index contributed by atoms with van der Waals surface area (Å²) < 4.78 is 13.2. The first-order valence-electron chi connectivity index (χ1n) is 11.9. The second-order valence-electron chi connectivity index (χ2n) is 9.36. The molecule has 168 valence electrons. The minimum absolute atomic E-state index is 0.874. The SMILES string of the molecule is Cc1cnc(-c2ccccc2)cc1-c1cc2oc3c(C)cccc3c2c2c1oc1c(C)cccc12. The fourth-order valence-electron chi connectivity index (χ4n) is 5.31. The Labute approximate surface area is 202 Å². The van der Waals surface area contributed by atoms with E-state index in [1.807, 2.05) is 24.4 Å². The first-order chi connectivity index (χ1) is 17.1. The maximum atomic E-state index is 6.66. The molecule has 0 fully saturated rings. The predicted molar refractivity (Wildman–Crippen MR) is 144 cm³/mol. The van der Waals surface area contributed by atoms with Gasteiger partial charge in [0, 0.05) is 38.9 Å². The molecular weight excluding hydrogens is 430 g/mol. The van der Waals surface area contributed by atoms with Crippen molar-refractivity contribution in [3.05, 3.63) is 102 Å². The van der Waals surface area contributed by atoms with E-state index in [2.05, 4.69) is 81.4 Å². The van der Waals surface area contributed by atoms with Crippen LogP contribution in [0.3, 0.4) is 0 Å². The Balaban J connectivity index is 1.66. The number of rotatable bonds is 2. The molecule has 0 N–H and O–H groups in total. The summed E-state index contributed by atoms with van der Waals surface area (Å²) in [6.45, 7) is 6.30. The van der Waals surface area contributed by atoms with Gasteiger partial charge in [0.25, 0.3) is 0 Å². The zero-order valence-electron chi connectivity index (χ0n) is 19.8. The maximum Gasteiger partial charge on any atom is 0.144 e. The molecule has 0 aliphatic heterocycles. The Morgan fingerprint density at radius 2 is 1.26 bits per heavy atom. The molecule has 3 heterocycles. The van der Waals surface area contributed by atoms with E-state index < -0.39 is 0 Å². The highest BCUT2D eigenvalue weighted by atomic mass is 16.3. The van der Waals surface area contributed by atoms with Gasteiger partial charge in [-0.3, -0.25) is 4.98 Å². The van der Waals surface area contributed by atoms with Crippen molar-refractivity contribution in [2.45, 2.75) is 20.8 Å². The van der Waals surface area contributed by atoms with Gasteiger partial charge in [-0.15, -0.1) is 0 Å². The van der Waals surface area contributed by atoms with Gasteiger partial charge < -0.3 is 8.83 Å². The van der Waals surface area contributed by atoms with Gasteiger partial charge >= 0.3 is 0 Å². The summed E-state index contributed by atoms with van der Waals surface area (Å²) in [4.78, 5) is 4.73. The van der Waals surface area contributed by atoms with E-state index in [1.165, 1.54) is 0 Å². The van der Waals surface area contributed by atoms with Gasteiger partial charge in [-0.05, 0) is 55.2 Å². The molecule has 0 saturated carbocycles. The van der Waals surface area contributed by atoms with Crippen LogP contribution in [-0.4, -0.2) is 4.98 Å². The fraction of sp³-hybridized carbons (Fsp3) is 0.0938. The molecule has 7 aromatic rings. The molecule has 35 heavy (non-hydrogen) atoms. The smallest absolute Gasteiger partial charge is 0.144 e. The summed E-state index contributed by atoms with van der Waals surface area (Å²) >= 11 is 0. The van der Waals surface area contributed by atoms with Crippen molar-refractivity contribution in [2.24, 2.45) is 0 Å². The molecule has 0 atom stereocenters. The van der Waals surface area contributed by atoms with Crippen LogP contribution in [0.5, 0.6) is 0 Å². The van der Waals surface area contributed by atoms with Crippen molar-refractivity contribution < 1.29 is 8.83 Å². The van der Waals surface area contributed by atoms with E-state index in [9.17, 15) is 0 Å². The summed E-state index contributed by atoms with van der Waals surface area (Å²) in [5.41, 5.74) is 11.1. The quantitative estimate of drug-likeness (QED) is 0.262. The molecule has 7 rings (SSSR count). The summed E-state index contributed by atoms with van der Waals surface area (Å²) in [6.07, 6.45) is 1.95. The highest BCUT2D eigenvalue weighted by molar-refractivity contribution is 6.28. The lowest BCUT2D eigenvalue weighted by Gasteiger charge is -2.10. The van der Waals surface area contributed by atoms with E-state index in [-0.39, 0.29) is 0 Å². The standard InChI is InChI=1S/C32H23NO2/c1-18-9-7-13-22-28-27(34-30(18)22)16-25(32-29(28)23-14-8-10-19(2)31(23)35-32)24-15-26(33-17-20(24)3)21-11-5-4-6-12-21/h4-17H,1-3H3. The maximum absolute atomic E-state index is 6.66. The Morgan fingerprint density at radius 3 is 2.00 bits per heavy atom. The molecule has 0 aliphatic carbocycles. The number of furan rings is 2. The molecule has 0 aliphatic rings. The van der Waals surface area contributed by atoms with Crippen molar-refractivity contribution >= 4 is 43.9 Å². The largest absolute Gasteiger partial charge is 0.456 e. The number of pyridine rings is 1. The van der Waals surface area contributed by atoms with E-state index in [1.54, 1.807) is 0 Å². The molecule has 4 aromatic carbocycles. The number of hydrogen-bond acceptors (Lipinski definition) is 3. The van der Waals surface area contributed by atoms with E-state index in [0.717, 1.165) is 83.0 Å². The molecule has 0 radical (unpaired) electrons. The number of fused-ring (bicyclic) bond motifs is 7. The average molecular weight is 454 g/mol. The van der Waals surface area contributed by atoms with Crippen molar-refractivity contribution in [1.29, 1.82) is 0 Å². The lowest BCUT2D eigenvalue weighted by molar-refractivity contribution is 0.660. The van der Waals surface area contributed by atoms with Crippen molar-refractivity contribution in [1.82, 2.24) is 4.98 Å². The Morgan fingerprint density at radius 1 is 0.571 bits per heavy atom. The van der Waals surface area contributed by atoms with Crippen molar-refractivity contribution in [3.63, 3.8) is 0 Å². The van der Waals surface area contributed by atoms with Crippen LogP contribution in [-0.2, 0) is 0 Å². The predicted octanol–water partition coefficient (Wildman–Crippen LogP) is 9.14. The number of aromatic nitrogens is 1. The highest BCUT2D eigenvalue weighted by Gasteiger charge is 2.22. The third-order valence-corrected chi connectivity index (χ3v) is 7.09. The molecule has 0 amide bonds. The first kappa shape index (κ1) is 20.0. The number of aryl methyl sites for hydroxylation is 3. The normalized spacial score (nSPS) is 11.9. The van der Waals surface area contributed by atoms with E-state index in [4.69, 9.17) is 13.8 Å². The van der Waals surface area contributed by atoms with Gasteiger partial charge in [-0.1, -0.05) is 66.7 Å². The minimum Gasteiger partial charge on any atom is -0.456 e. The Hall–Kier alpha value is -4.37. The van der Waals surface area contributed by atoms with Gasteiger partial charge in [0.15, 0.2) is 0 Å². The third-order valence-electron chi connectivity index (χ3n) is 7.09. The topological polar surface area (TPSA) is 39.2 Å². The van der Waals surface area contributed by atoms with Crippen LogP contribution >= 0.6 is 0 Å². The third kappa shape index (κ3) is 2.88. The summed E-state index contributed by atoms with van der Waals surface area (Å²) in [5.74, 6) is 0. The van der Waals surface area contributed by atoms with Crippen LogP contribution in [0.2, 0.25) is 0 Å². The molecule has 0 saturated heterocycles. The fourth-order valence-corrected chi connectivity index (χ4v) is 5.31. The van der Waals surface area contributed by atoms with Gasteiger partial charge in [0.1, 0.15) is 22.3 Å². The second kappa shape index (κ2) is 7.31. The minimum atomic E-state index is 0.874. The van der Waals surface area contributed by atoms with E-state index in [0.29, 0.717) is 0 Å². The van der Waals surface area contributed by atoms with Crippen molar-refractivity contribution in [3.8, 4) is 22.4 Å². The van der Waals surface area contributed by atoms with Crippen LogP contribution in [0, 0.1) is 20.8 Å². The lowest BCUT2D eigenvalue weighted by atomic mass is 9.95. The van der Waals surface area contributed by atoms with Crippen LogP contribution in [0.4, 0.5) is 0 Å². The number of nitrogens with zero attached hydrogens (tertiary/aromatic N) is 1. The van der Waals surface area contributed by atoms with Gasteiger partial charge in [-0.25, -0.2) is 0 Å². The summed E-state index contributed by atoms with van der Waals surface area (Å²) in [5, 5.41) is 4.46. The Bertz CT molecular complexity index is 1920. The zero-order chi connectivity index (χ0) is 23.7. The molecule has 0 bridgehead atoms. The number of benzene rings is 4. The average Bonchev–Trinajstić information content (AvgIpc) is 3.45. The Kier molecular flexibility index (Phi) is 4.19. The van der Waals surface area contributed by atoms with Gasteiger partial charge in [0.2, 0.25) is 0 Å². The molecule has 0 spiro atoms. The van der Waals surface area contributed by atoms with E-state index >= 15 is 0 Å². The zero-order valence-corrected chi connectivity index (χ0v) is 19.8. The molecular formula is C32H23NO2. The summed E-state index contributed by atoms with van der Waals surface area (Å²) in [6, 6.07) is 27.3. The summed E-state index contributed by atoms with van der Waals surface area (Å²) in [7, 11) is 0. The monoisotopic (exact) mass is 453 g/mol. The van der Waals surface area contributed by atoms with Gasteiger partial charge in [-0.2, -0.15) is 0 Å². The van der Waals surface area contributed by atoms with Crippen LogP contribution in [0.1, 0.15) is 16.7 Å². The van der Waals surface area contributed by atoms with Crippen LogP contribution in [0.15, 0.2) is 93.9 Å². The van der Waals surface area contributed by atoms with Crippen LogP contribution < -0.4 is 0 Å².